The van der Waals surface area contributed by atoms with E-state index in [1.165, 1.54) is 25.1 Å². The van der Waals surface area contributed by atoms with E-state index in [-0.39, 0.29) is 11.0 Å². The van der Waals surface area contributed by atoms with Crippen LogP contribution in [0.4, 0.5) is 10.1 Å². The number of halogens is 1. The molecule has 154 valence electrons. The number of carbonyl (C=O) groups excluding carboxylic acids is 3. The van der Waals surface area contributed by atoms with Crippen molar-refractivity contribution < 1.29 is 23.5 Å². The lowest BCUT2D eigenvalue weighted by Gasteiger charge is -2.19. The summed E-state index contributed by atoms with van der Waals surface area (Å²) in [7, 11) is 0. The molecule has 0 heterocycles. The second-order valence-corrected chi connectivity index (χ2v) is 7.61. The first-order valence-electron chi connectivity index (χ1n) is 9.21. The fourth-order valence-electron chi connectivity index (χ4n) is 2.48. The maximum absolute atomic E-state index is 13.5. The molecule has 1 unspecified atom stereocenters. The van der Waals surface area contributed by atoms with E-state index < -0.39 is 36.2 Å². The third-order valence-corrected chi connectivity index (χ3v) is 4.21. The number of hydrogen-bond acceptors (Lipinski definition) is 4. The molecule has 7 heteroatoms. The van der Waals surface area contributed by atoms with Gasteiger partial charge in [-0.15, -0.1) is 0 Å². The van der Waals surface area contributed by atoms with Crippen molar-refractivity contribution in [1.82, 2.24) is 5.32 Å². The highest BCUT2D eigenvalue weighted by Gasteiger charge is 2.20. The number of esters is 1. The third-order valence-electron chi connectivity index (χ3n) is 4.21. The van der Waals surface area contributed by atoms with Crippen molar-refractivity contribution >= 4 is 23.5 Å². The molecule has 6 nitrogen and oxygen atoms in total. The molecule has 2 N–H and O–H groups in total. The zero-order valence-electron chi connectivity index (χ0n) is 16.9. The highest BCUT2D eigenvalue weighted by Crippen LogP contribution is 2.23. The fraction of sp³-hybridized carbons (Fsp3) is 0.318. The van der Waals surface area contributed by atoms with Gasteiger partial charge in [-0.05, 0) is 42.2 Å². The quantitative estimate of drug-likeness (QED) is 0.728. The SMILES string of the molecule is CC(OC(=O)CNC(=O)c1ccccc1F)C(=O)Nc1ccc(C(C)(C)C)cc1. The number of benzene rings is 2. The van der Waals surface area contributed by atoms with Gasteiger partial charge in [0.1, 0.15) is 12.4 Å². The highest BCUT2D eigenvalue weighted by atomic mass is 19.1. The van der Waals surface area contributed by atoms with Gasteiger partial charge in [-0.1, -0.05) is 45.0 Å². The van der Waals surface area contributed by atoms with Crippen LogP contribution in [0.1, 0.15) is 43.6 Å². The molecule has 0 aliphatic heterocycles. The zero-order valence-corrected chi connectivity index (χ0v) is 16.9. The summed E-state index contributed by atoms with van der Waals surface area (Å²) in [5.41, 5.74) is 1.53. The van der Waals surface area contributed by atoms with Crippen molar-refractivity contribution in [2.75, 3.05) is 11.9 Å². The van der Waals surface area contributed by atoms with Gasteiger partial charge in [0.2, 0.25) is 0 Å². The predicted molar refractivity (Wildman–Crippen MR) is 108 cm³/mol. The molecule has 2 aromatic rings. The van der Waals surface area contributed by atoms with Crippen molar-refractivity contribution in [2.24, 2.45) is 0 Å². The summed E-state index contributed by atoms with van der Waals surface area (Å²) in [4.78, 5) is 36.0. The maximum atomic E-state index is 13.5. The number of ether oxygens (including phenoxy) is 1. The number of nitrogens with one attached hydrogen (secondary N) is 2. The minimum absolute atomic E-state index is 0.00153. The maximum Gasteiger partial charge on any atom is 0.326 e. The molecule has 1 atom stereocenters. The van der Waals surface area contributed by atoms with Crippen LogP contribution in [0.2, 0.25) is 0 Å². The fourth-order valence-corrected chi connectivity index (χ4v) is 2.48. The number of amides is 2. The molecule has 0 saturated carbocycles. The molecule has 0 saturated heterocycles. The van der Waals surface area contributed by atoms with Crippen molar-refractivity contribution in [3.05, 3.63) is 65.5 Å². The van der Waals surface area contributed by atoms with E-state index in [9.17, 15) is 18.8 Å². The molecule has 2 aromatic carbocycles. The Morgan fingerprint density at radius 1 is 1.03 bits per heavy atom. The van der Waals surface area contributed by atoms with E-state index in [2.05, 4.69) is 31.4 Å². The Morgan fingerprint density at radius 2 is 1.66 bits per heavy atom. The number of anilines is 1. The minimum atomic E-state index is -1.06. The van der Waals surface area contributed by atoms with E-state index in [0.717, 1.165) is 11.6 Å². The van der Waals surface area contributed by atoms with Crippen LogP contribution in [0.3, 0.4) is 0 Å². The van der Waals surface area contributed by atoms with Crippen LogP contribution in [-0.2, 0) is 19.7 Å². The summed E-state index contributed by atoms with van der Waals surface area (Å²) >= 11 is 0. The van der Waals surface area contributed by atoms with E-state index in [0.29, 0.717) is 5.69 Å². The summed E-state index contributed by atoms with van der Waals surface area (Å²) in [5.74, 6) is -2.73. The third kappa shape index (κ3) is 6.41. The van der Waals surface area contributed by atoms with Gasteiger partial charge >= 0.3 is 5.97 Å². The average Bonchev–Trinajstić information content (AvgIpc) is 2.66. The average molecular weight is 400 g/mol. The van der Waals surface area contributed by atoms with Gasteiger partial charge < -0.3 is 15.4 Å². The second kappa shape index (κ2) is 9.32. The lowest BCUT2D eigenvalue weighted by Crippen LogP contribution is -2.36. The molecular weight excluding hydrogens is 375 g/mol. The van der Waals surface area contributed by atoms with Gasteiger partial charge in [0.05, 0.1) is 5.56 Å². The topological polar surface area (TPSA) is 84.5 Å². The smallest absolute Gasteiger partial charge is 0.326 e. The summed E-state index contributed by atoms with van der Waals surface area (Å²) in [6.07, 6.45) is -1.06. The van der Waals surface area contributed by atoms with Crippen molar-refractivity contribution in [3.63, 3.8) is 0 Å². The van der Waals surface area contributed by atoms with Crippen molar-refractivity contribution in [3.8, 4) is 0 Å². The van der Waals surface area contributed by atoms with Gasteiger partial charge in [0.25, 0.3) is 11.8 Å². The van der Waals surface area contributed by atoms with Crippen molar-refractivity contribution in [2.45, 2.75) is 39.2 Å². The molecule has 0 aliphatic rings. The van der Waals surface area contributed by atoms with Gasteiger partial charge in [0.15, 0.2) is 6.10 Å². The van der Waals surface area contributed by atoms with E-state index in [1.807, 2.05) is 12.1 Å². The van der Waals surface area contributed by atoms with Crippen molar-refractivity contribution in [1.29, 1.82) is 0 Å². The van der Waals surface area contributed by atoms with Gasteiger partial charge in [-0.3, -0.25) is 14.4 Å². The minimum Gasteiger partial charge on any atom is -0.451 e. The van der Waals surface area contributed by atoms with Gasteiger partial charge in [-0.25, -0.2) is 4.39 Å². The molecule has 29 heavy (non-hydrogen) atoms. The summed E-state index contributed by atoms with van der Waals surface area (Å²) in [5, 5.41) is 4.94. The predicted octanol–water partition coefficient (Wildman–Crippen LogP) is 3.42. The van der Waals surface area contributed by atoms with Gasteiger partial charge in [-0.2, -0.15) is 0 Å². The van der Waals surface area contributed by atoms with Crippen LogP contribution in [0.5, 0.6) is 0 Å². The summed E-state index contributed by atoms with van der Waals surface area (Å²) < 4.78 is 18.6. The van der Waals surface area contributed by atoms with E-state index in [1.54, 1.807) is 12.1 Å². The molecular formula is C22H25FN2O4. The number of carbonyl (C=O) groups is 3. The monoisotopic (exact) mass is 400 g/mol. The molecule has 2 rings (SSSR count). The number of rotatable bonds is 6. The largest absolute Gasteiger partial charge is 0.451 e. The Morgan fingerprint density at radius 3 is 2.24 bits per heavy atom. The molecule has 0 aromatic heterocycles. The van der Waals surface area contributed by atoms with Gasteiger partial charge in [0, 0.05) is 5.69 Å². The standard InChI is InChI=1S/C22H25FN2O4/c1-14(20(27)25-16-11-9-15(10-12-16)22(2,3)4)29-19(26)13-24-21(28)17-7-5-6-8-18(17)23/h5-12,14H,13H2,1-4H3,(H,24,28)(H,25,27). The Kier molecular flexibility index (Phi) is 7.09. The van der Waals surface area contributed by atoms with E-state index in [4.69, 9.17) is 4.74 Å². The molecule has 2 amide bonds. The molecule has 0 bridgehead atoms. The van der Waals surface area contributed by atoms with Crippen LogP contribution in [0.15, 0.2) is 48.5 Å². The molecule has 0 radical (unpaired) electrons. The Hall–Kier alpha value is -3.22. The lowest BCUT2D eigenvalue weighted by molar-refractivity contribution is -0.152. The van der Waals surface area contributed by atoms with Crippen LogP contribution in [0.25, 0.3) is 0 Å². The lowest BCUT2D eigenvalue weighted by atomic mass is 9.87. The van der Waals surface area contributed by atoms with Crippen LogP contribution in [-0.4, -0.2) is 30.4 Å². The first kappa shape index (κ1) is 22.1. The van der Waals surface area contributed by atoms with E-state index >= 15 is 0 Å². The summed E-state index contributed by atoms with van der Waals surface area (Å²) in [6, 6.07) is 12.8. The second-order valence-electron chi connectivity index (χ2n) is 7.61. The Bertz CT molecular complexity index is 888. The Labute approximate surface area is 169 Å². The molecule has 0 aliphatic carbocycles. The summed E-state index contributed by atoms with van der Waals surface area (Å²) in [6.45, 7) is 7.22. The van der Waals surface area contributed by atoms with Crippen LogP contribution >= 0.6 is 0 Å². The molecule has 0 spiro atoms. The zero-order chi connectivity index (χ0) is 21.6. The number of hydrogen-bond donors (Lipinski definition) is 2. The normalized spacial score (nSPS) is 12.0. The molecule has 0 fully saturated rings. The first-order chi connectivity index (χ1) is 13.6. The van der Waals surface area contributed by atoms with Crippen LogP contribution < -0.4 is 10.6 Å². The Balaban J connectivity index is 1.83. The van der Waals surface area contributed by atoms with Crippen LogP contribution in [0, 0.1) is 5.82 Å². The highest BCUT2D eigenvalue weighted by molar-refractivity contribution is 5.97. The first-order valence-corrected chi connectivity index (χ1v) is 9.21.